The van der Waals surface area contributed by atoms with Gasteiger partial charge in [0.15, 0.2) is 0 Å². The van der Waals surface area contributed by atoms with Crippen LogP contribution in [0.15, 0.2) is 18.2 Å². The second-order valence-corrected chi connectivity index (χ2v) is 2.66. The number of phenolic OH excluding ortho intramolecular Hbond substituents is 1. The number of hydrogen-bond acceptors (Lipinski definition) is 4. The van der Waals surface area contributed by atoms with E-state index < -0.39 is 11.0 Å². The summed E-state index contributed by atoms with van der Waals surface area (Å²) in [6.45, 7) is 0. The Morgan fingerprint density at radius 1 is 1.53 bits per heavy atom. The lowest BCUT2D eigenvalue weighted by molar-refractivity contribution is -0.384. The highest BCUT2D eigenvalue weighted by molar-refractivity contribution is 5.91. The Bertz CT molecular complexity index is 405. The summed E-state index contributed by atoms with van der Waals surface area (Å²) in [7, 11) is 1.39. The number of nitro benzene ring substituents is 1. The van der Waals surface area contributed by atoms with Crippen molar-refractivity contribution in [3.05, 3.63) is 28.3 Å². The third-order valence-electron chi connectivity index (χ3n) is 1.67. The first-order valence-electron chi connectivity index (χ1n) is 4.00. The summed E-state index contributed by atoms with van der Waals surface area (Å²) in [6.07, 6.45) is 0. The Morgan fingerprint density at radius 3 is 2.73 bits per heavy atom. The van der Waals surface area contributed by atoms with Crippen LogP contribution in [0.2, 0.25) is 0 Å². The molecule has 0 saturated heterocycles. The molecule has 0 aliphatic rings. The van der Waals surface area contributed by atoms with Crippen molar-refractivity contribution in [1.82, 2.24) is 5.32 Å². The molecule has 0 saturated carbocycles. The molecule has 0 bridgehead atoms. The van der Waals surface area contributed by atoms with E-state index in [1.165, 1.54) is 7.05 Å². The highest BCUT2D eigenvalue weighted by Crippen LogP contribution is 2.27. The van der Waals surface area contributed by atoms with Crippen LogP contribution in [0.4, 0.5) is 16.2 Å². The van der Waals surface area contributed by atoms with Gasteiger partial charge in [-0.25, -0.2) is 4.79 Å². The van der Waals surface area contributed by atoms with Gasteiger partial charge in [0, 0.05) is 19.2 Å². The number of urea groups is 1. The second-order valence-electron chi connectivity index (χ2n) is 2.66. The lowest BCUT2D eigenvalue weighted by atomic mass is 10.2. The molecule has 7 nitrogen and oxygen atoms in total. The Kier molecular flexibility index (Phi) is 3.06. The molecule has 15 heavy (non-hydrogen) atoms. The van der Waals surface area contributed by atoms with Crippen molar-refractivity contribution in [2.24, 2.45) is 0 Å². The van der Waals surface area contributed by atoms with E-state index in [0.717, 1.165) is 18.2 Å². The highest BCUT2D eigenvalue weighted by Gasteiger charge is 2.11. The number of phenols is 1. The number of carbonyl (C=O) groups excluding carboxylic acids is 1. The average molecular weight is 211 g/mol. The predicted molar refractivity (Wildman–Crippen MR) is 52.8 cm³/mol. The van der Waals surface area contributed by atoms with E-state index in [1.54, 1.807) is 0 Å². The molecule has 80 valence electrons. The Balaban J connectivity index is 3.00. The lowest BCUT2D eigenvalue weighted by Gasteiger charge is -2.05. The SMILES string of the molecule is CNC(=O)Nc1cc([N+](=O)[O-])ccc1O. The number of nitrogens with zero attached hydrogens (tertiary/aromatic N) is 1. The monoisotopic (exact) mass is 211 g/mol. The van der Waals surface area contributed by atoms with Crippen LogP contribution in [0.5, 0.6) is 5.75 Å². The van der Waals surface area contributed by atoms with Crippen LogP contribution in [0.25, 0.3) is 0 Å². The van der Waals surface area contributed by atoms with E-state index in [1.807, 2.05) is 0 Å². The van der Waals surface area contributed by atoms with E-state index in [0.29, 0.717) is 0 Å². The quantitative estimate of drug-likeness (QED) is 0.386. The fraction of sp³-hybridized carbons (Fsp3) is 0.125. The van der Waals surface area contributed by atoms with Gasteiger partial charge in [-0.2, -0.15) is 0 Å². The molecule has 0 fully saturated rings. The van der Waals surface area contributed by atoms with Gasteiger partial charge in [0.2, 0.25) is 0 Å². The molecular formula is C8H9N3O4. The molecule has 0 aliphatic heterocycles. The molecule has 0 aliphatic carbocycles. The molecule has 1 aromatic rings. The summed E-state index contributed by atoms with van der Waals surface area (Å²) in [5.74, 6) is -0.232. The number of nitrogens with one attached hydrogen (secondary N) is 2. The Hall–Kier alpha value is -2.31. The van der Waals surface area contributed by atoms with Crippen molar-refractivity contribution in [2.45, 2.75) is 0 Å². The Labute approximate surface area is 84.9 Å². The molecule has 0 radical (unpaired) electrons. The molecule has 1 aromatic carbocycles. The maximum Gasteiger partial charge on any atom is 0.319 e. The van der Waals surface area contributed by atoms with Crippen molar-refractivity contribution in [2.75, 3.05) is 12.4 Å². The van der Waals surface area contributed by atoms with Crippen molar-refractivity contribution in [3.8, 4) is 5.75 Å². The molecule has 0 heterocycles. The van der Waals surface area contributed by atoms with Crippen LogP contribution in [0.3, 0.4) is 0 Å². The summed E-state index contributed by atoms with van der Waals surface area (Å²) in [6, 6.07) is 2.80. The standard InChI is InChI=1S/C8H9N3O4/c1-9-8(13)10-6-4-5(11(14)15)2-3-7(6)12/h2-4,12H,1H3,(H2,9,10,13). The number of nitro groups is 1. The van der Waals surface area contributed by atoms with Gasteiger partial charge < -0.3 is 15.7 Å². The zero-order chi connectivity index (χ0) is 11.4. The average Bonchev–Trinajstić information content (AvgIpc) is 2.20. The van der Waals surface area contributed by atoms with Gasteiger partial charge in [-0.3, -0.25) is 10.1 Å². The second kappa shape index (κ2) is 4.27. The van der Waals surface area contributed by atoms with Crippen molar-refractivity contribution in [3.63, 3.8) is 0 Å². The van der Waals surface area contributed by atoms with Crippen LogP contribution >= 0.6 is 0 Å². The van der Waals surface area contributed by atoms with E-state index >= 15 is 0 Å². The molecule has 0 atom stereocenters. The van der Waals surface area contributed by atoms with Gasteiger partial charge in [0.25, 0.3) is 5.69 Å². The first kappa shape index (κ1) is 10.8. The fourth-order valence-electron chi connectivity index (χ4n) is 0.923. The predicted octanol–water partition coefficient (Wildman–Crippen LogP) is 1.05. The molecule has 0 aromatic heterocycles. The smallest absolute Gasteiger partial charge is 0.319 e. The molecule has 1 rings (SSSR count). The van der Waals surface area contributed by atoms with Crippen molar-refractivity contribution >= 4 is 17.4 Å². The highest BCUT2D eigenvalue weighted by atomic mass is 16.6. The van der Waals surface area contributed by atoms with Crippen molar-refractivity contribution < 1.29 is 14.8 Å². The Morgan fingerprint density at radius 2 is 2.20 bits per heavy atom. The maximum absolute atomic E-state index is 10.9. The van der Waals surface area contributed by atoms with Crippen LogP contribution < -0.4 is 10.6 Å². The van der Waals surface area contributed by atoms with Gasteiger partial charge in [0.05, 0.1) is 10.6 Å². The number of aromatic hydroxyl groups is 1. The number of rotatable bonds is 2. The number of amides is 2. The topological polar surface area (TPSA) is 104 Å². The first-order chi connectivity index (χ1) is 7.04. The first-order valence-corrected chi connectivity index (χ1v) is 4.00. The third kappa shape index (κ3) is 2.56. The number of non-ortho nitro benzene ring substituents is 1. The van der Waals surface area contributed by atoms with Crippen molar-refractivity contribution in [1.29, 1.82) is 0 Å². The van der Waals surface area contributed by atoms with E-state index in [2.05, 4.69) is 10.6 Å². The van der Waals surface area contributed by atoms with Gasteiger partial charge in [-0.15, -0.1) is 0 Å². The van der Waals surface area contributed by atoms with Crippen LogP contribution in [-0.2, 0) is 0 Å². The minimum absolute atomic E-state index is 0.0106. The summed E-state index contributed by atoms with van der Waals surface area (Å²) in [5.41, 5.74) is -0.220. The lowest BCUT2D eigenvalue weighted by Crippen LogP contribution is -2.24. The van der Waals surface area contributed by atoms with E-state index in [9.17, 15) is 20.0 Å². The maximum atomic E-state index is 10.9. The molecule has 7 heteroatoms. The summed E-state index contributed by atoms with van der Waals surface area (Å²) in [5, 5.41) is 24.2. The van der Waals surface area contributed by atoms with Gasteiger partial charge >= 0.3 is 6.03 Å². The third-order valence-corrected chi connectivity index (χ3v) is 1.67. The van der Waals surface area contributed by atoms with E-state index in [4.69, 9.17) is 0 Å². The minimum atomic E-state index is -0.617. The number of anilines is 1. The number of hydrogen-bond donors (Lipinski definition) is 3. The summed E-state index contributed by atoms with van der Waals surface area (Å²) >= 11 is 0. The van der Waals surface area contributed by atoms with Gasteiger partial charge in [0.1, 0.15) is 5.75 Å². The van der Waals surface area contributed by atoms with Gasteiger partial charge in [-0.1, -0.05) is 0 Å². The molecule has 0 spiro atoms. The van der Waals surface area contributed by atoms with Gasteiger partial charge in [-0.05, 0) is 6.07 Å². The molecule has 2 amide bonds. The zero-order valence-corrected chi connectivity index (χ0v) is 7.85. The summed E-state index contributed by atoms with van der Waals surface area (Å²) < 4.78 is 0. The zero-order valence-electron chi connectivity index (χ0n) is 7.85. The largest absolute Gasteiger partial charge is 0.506 e. The molecule has 0 unspecified atom stereocenters. The number of benzene rings is 1. The molecular weight excluding hydrogens is 202 g/mol. The minimum Gasteiger partial charge on any atom is -0.506 e. The molecule has 3 N–H and O–H groups in total. The van der Waals surface area contributed by atoms with E-state index in [-0.39, 0.29) is 17.1 Å². The van der Waals surface area contributed by atoms with Crippen LogP contribution in [-0.4, -0.2) is 23.1 Å². The van der Waals surface area contributed by atoms with Crippen LogP contribution in [0.1, 0.15) is 0 Å². The summed E-state index contributed by atoms with van der Waals surface area (Å²) in [4.78, 5) is 20.7. The van der Waals surface area contributed by atoms with Crippen LogP contribution in [0, 0.1) is 10.1 Å². The fourth-order valence-corrected chi connectivity index (χ4v) is 0.923. The normalized spacial score (nSPS) is 9.40. The number of carbonyl (C=O) groups is 1.